The fourth-order valence-corrected chi connectivity index (χ4v) is 3.86. The number of hydrogen-bond donors (Lipinski definition) is 1. The summed E-state index contributed by atoms with van der Waals surface area (Å²) in [5.41, 5.74) is 4.61. The van der Waals surface area contributed by atoms with Crippen LogP contribution in [0.15, 0.2) is 66.4 Å². The summed E-state index contributed by atoms with van der Waals surface area (Å²) >= 11 is 0. The molecule has 2 amide bonds. The van der Waals surface area contributed by atoms with Gasteiger partial charge in [-0.2, -0.15) is 0 Å². The van der Waals surface area contributed by atoms with Gasteiger partial charge in [-0.15, -0.1) is 0 Å². The van der Waals surface area contributed by atoms with Gasteiger partial charge in [-0.05, 0) is 67.8 Å². The number of carbonyl (C=O) groups is 2. The highest BCUT2D eigenvalue weighted by atomic mass is 19.1. The molecule has 0 aromatic heterocycles. The second kappa shape index (κ2) is 8.30. The zero-order valence-corrected chi connectivity index (χ0v) is 18.3. The van der Waals surface area contributed by atoms with E-state index in [-0.39, 0.29) is 11.3 Å². The molecule has 1 N–H and O–H groups in total. The van der Waals surface area contributed by atoms with Crippen molar-refractivity contribution >= 4 is 28.8 Å². The highest BCUT2D eigenvalue weighted by Gasteiger charge is 2.41. The number of benzene rings is 3. The lowest BCUT2D eigenvalue weighted by Gasteiger charge is -2.18. The van der Waals surface area contributed by atoms with Crippen LogP contribution in [0.4, 0.5) is 15.8 Å². The van der Waals surface area contributed by atoms with Crippen LogP contribution in [0.25, 0.3) is 5.57 Å². The van der Waals surface area contributed by atoms with Gasteiger partial charge in [-0.1, -0.05) is 35.9 Å². The Morgan fingerprint density at radius 2 is 1.50 bits per heavy atom. The maximum absolute atomic E-state index is 13.6. The summed E-state index contributed by atoms with van der Waals surface area (Å²) in [5, 5.41) is 3.12. The molecule has 0 saturated carbocycles. The van der Waals surface area contributed by atoms with Gasteiger partial charge in [0, 0.05) is 0 Å². The molecule has 5 nitrogen and oxygen atoms in total. The topological polar surface area (TPSA) is 58.6 Å². The van der Waals surface area contributed by atoms with Crippen LogP contribution in [0.5, 0.6) is 5.75 Å². The quantitative estimate of drug-likeness (QED) is 0.569. The van der Waals surface area contributed by atoms with Gasteiger partial charge in [0.2, 0.25) is 0 Å². The first-order chi connectivity index (χ1) is 15.3. The molecular formula is C26H23FN2O3. The average Bonchev–Trinajstić information content (AvgIpc) is 2.99. The van der Waals surface area contributed by atoms with E-state index in [9.17, 15) is 14.0 Å². The van der Waals surface area contributed by atoms with Crippen molar-refractivity contribution in [2.75, 3.05) is 17.3 Å². The molecule has 0 atom stereocenters. The molecule has 0 aliphatic carbocycles. The van der Waals surface area contributed by atoms with E-state index in [4.69, 9.17) is 4.74 Å². The second-order valence-electron chi connectivity index (χ2n) is 7.82. The molecule has 162 valence electrons. The molecule has 0 saturated heterocycles. The van der Waals surface area contributed by atoms with Gasteiger partial charge < -0.3 is 10.1 Å². The minimum Gasteiger partial charge on any atom is -0.495 e. The normalized spacial score (nSPS) is 13.7. The standard InChI is InChI=1S/C26H23FN2O3/c1-15-5-11-21(17(3)13-15)29-25(30)23(18-7-9-19(27)10-8-18)24(26(29)31)28-20-14-16(2)6-12-22(20)32-4/h5-14,28H,1-4H3. The molecule has 1 heterocycles. The first-order valence-corrected chi connectivity index (χ1v) is 10.2. The van der Waals surface area contributed by atoms with E-state index in [0.717, 1.165) is 21.6 Å². The smallest absolute Gasteiger partial charge is 0.282 e. The number of rotatable bonds is 5. The van der Waals surface area contributed by atoms with Crippen molar-refractivity contribution < 1.29 is 18.7 Å². The number of nitrogens with zero attached hydrogens (tertiary/aromatic N) is 1. The SMILES string of the molecule is COc1ccc(C)cc1NC1=C(c2ccc(F)cc2)C(=O)N(c2ccc(C)cc2C)C1=O. The van der Waals surface area contributed by atoms with Crippen LogP contribution in [-0.2, 0) is 9.59 Å². The molecule has 0 bridgehead atoms. The van der Waals surface area contributed by atoms with Gasteiger partial charge in [0.15, 0.2) is 0 Å². The lowest BCUT2D eigenvalue weighted by atomic mass is 10.0. The second-order valence-corrected chi connectivity index (χ2v) is 7.82. The van der Waals surface area contributed by atoms with Crippen LogP contribution >= 0.6 is 0 Å². The average molecular weight is 430 g/mol. The Hall–Kier alpha value is -3.93. The van der Waals surface area contributed by atoms with Crippen LogP contribution < -0.4 is 15.0 Å². The highest BCUT2D eigenvalue weighted by molar-refractivity contribution is 6.46. The van der Waals surface area contributed by atoms with Crippen LogP contribution in [-0.4, -0.2) is 18.9 Å². The predicted molar refractivity (Wildman–Crippen MR) is 123 cm³/mol. The molecule has 32 heavy (non-hydrogen) atoms. The number of aryl methyl sites for hydroxylation is 3. The van der Waals surface area contributed by atoms with E-state index < -0.39 is 17.6 Å². The van der Waals surface area contributed by atoms with Crippen LogP contribution in [0.1, 0.15) is 22.3 Å². The van der Waals surface area contributed by atoms with Crippen molar-refractivity contribution in [3.8, 4) is 5.75 Å². The summed E-state index contributed by atoms with van der Waals surface area (Å²) in [6, 6.07) is 16.6. The molecule has 1 aliphatic heterocycles. The number of carbonyl (C=O) groups excluding carboxylic acids is 2. The number of ether oxygens (including phenoxy) is 1. The van der Waals surface area contributed by atoms with E-state index in [2.05, 4.69) is 5.32 Å². The van der Waals surface area contributed by atoms with Gasteiger partial charge in [0.1, 0.15) is 17.3 Å². The summed E-state index contributed by atoms with van der Waals surface area (Å²) < 4.78 is 19.0. The molecule has 0 spiro atoms. The van der Waals surface area contributed by atoms with Gasteiger partial charge in [-0.25, -0.2) is 9.29 Å². The van der Waals surface area contributed by atoms with E-state index in [1.807, 2.05) is 45.0 Å². The molecule has 1 aliphatic rings. The first-order valence-electron chi connectivity index (χ1n) is 10.2. The molecule has 3 aromatic carbocycles. The van der Waals surface area contributed by atoms with Crippen molar-refractivity contribution in [2.45, 2.75) is 20.8 Å². The van der Waals surface area contributed by atoms with E-state index in [0.29, 0.717) is 22.7 Å². The number of amides is 2. The van der Waals surface area contributed by atoms with Crippen molar-refractivity contribution in [2.24, 2.45) is 0 Å². The van der Waals surface area contributed by atoms with Gasteiger partial charge in [-0.3, -0.25) is 9.59 Å². The Morgan fingerprint density at radius 1 is 0.844 bits per heavy atom. The Bertz CT molecular complexity index is 1260. The maximum Gasteiger partial charge on any atom is 0.282 e. The Kier molecular flexibility index (Phi) is 5.53. The first kappa shape index (κ1) is 21.3. The largest absolute Gasteiger partial charge is 0.495 e. The Morgan fingerprint density at radius 3 is 2.16 bits per heavy atom. The van der Waals surface area contributed by atoms with Gasteiger partial charge >= 0.3 is 0 Å². The molecular weight excluding hydrogens is 407 g/mol. The minimum absolute atomic E-state index is 0.116. The third-order valence-electron chi connectivity index (χ3n) is 5.42. The van der Waals surface area contributed by atoms with Crippen molar-refractivity contribution in [3.05, 3.63) is 94.4 Å². The fraction of sp³-hybridized carbons (Fsp3) is 0.154. The summed E-state index contributed by atoms with van der Waals surface area (Å²) in [5.74, 6) is -0.841. The number of imide groups is 1. The zero-order valence-electron chi connectivity index (χ0n) is 18.3. The minimum atomic E-state index is -0.482. The number of anilines is 2. The molecule has 0 radical (unpaired) electrons. The predicted octanol–water partition coefficient (Wildman–Crippen LogP) is 5.16. The highest BCUT2D eigenvalue weighted by Crippen LogP contribution is 2.37. The Labute approximate surface area is 186 Å². The summed E-state index contributed by atoms with van der Waals surface area (Å²) in [6.07, 6.45) is 0. The van der Waals surface area contributed by atoms with Crippen LogP contribution in [0.2, 0.25) is 0 Å². The van der Waals surface area contributed by atoms with Crippen LogP contribution in [0.3, 0.4) is 0 Å². The number of nitrogens with one attached hydrogen (secondary N) is 1. The Balaban J connectivity index is 1.87. The van der Waals surface area contributed by atoms with Crippen molar-refractivity contribution in [3.63, 3.8) is 0 Å². The monoisotopic (exact) mass is 430 g/mol. The number of methoxy groups -OCH3 is 1. The third kappa shape index (κ3) is 3.75. The third-order valence-corrected chi connectivity index (χ3v) is 5.42. The van der Waals surface area contributed by atoms with Crippen molar-refractivity contribution in [1.29, 1.82) is 0 Å². The van der Waals surface area contributed by atoms with Crippen molar-refractivity contribution in [1.82, 2.24) is 0 Å². The van der Waals surface area contributed by atoms with E-state index >= 15 is 0 Å². The summed E-state index contributed by atoms with van der Waals surface area (Å²) in [7, 11) is 1.54. The van der Waals surface area contributed by atoms with Crippen LogP contribution in [0, 0.1) is 26.6 Å². The lowest BCUT2D eigenvalue weighted by Crippen LogP contribution is -2.33. The zero-order chi connectivity index (χ0) is 23.0. The van der Waals surface area contributed by atoms with E-state index in [1.165, 1.54) is 31.4 Å². The van der Waals surface area contributed by atoms with Gasteiger partial charge in [0.05, 0.1) is 24.1 Å². The maximum atomic E-state index is 13.6. The fourth-order valence-electron chi connectivity index (χ4n) is 3.86. The molecule has 3 aromatic rings. The number of halogens is 1. The van der Waals surface area contributed by atoms with E-state index in [1.54, 1.807) is 12.1 Å². The van der Waals surface area contributed by atoms with Gasteiger partial charge in [0.25, 0.3) is 11.8 Å². The molecule has 0 fully saturated rings. The summed E-state index contributed by atoms with van der Waals surface area (Å²) in [4.78, 5) is 28.3. The molecule has 6 heteroatoms. The molecule has 4 rings (SSSR count). The summed E-state index contributed by atoms with van der Waals surface area (Å²) in [6.45, 7) is 5.72. The number of hydrogen-bond acceptors (Lipinski definition) is 4. The lowest BCUT2D eigenvalue weighted by molar-refractivity contribution is -0.120. The molecule has 0 unspecified atom stereocenters.